The van der Waals surface area contributed by atoms with Gasteiger partial charge in [0.05, 0.1) is 30.7 Å². The van der Waals surface area contributed by atoms with Crippen molar-refractivity contribution in [2.75, 3.05) is 44.0 Å². The number of nitrogens with zero attached hydrogens (tertiary/aromatic N) is 4. The normalized spacial score (nSPS) is 13.9. The standard InChI is InChI=1S/C30H35F3N8O5/c1-18(2)38-28-29(44)41(24(15-37-28)21-11-22(30(31,32)33)13-23(34)12-21)16-25(42)36-14-19-3-5-20(6-4-19)27(35)39-46-17-26(43)40-7-9-45-10-8-40/h3-6,11-13,15,18H,7-10,14,16-17,34H2,1-2H3,(H2,35,39)(H,36,42)(H,37,38). The van der Waals surface area contributed by atoms with Crippen LogP contribution in [0, 0.1) is 0 Å². The number of benzene rings is 2. The molecule has 16 heteroatoms. The molecular formula is C30H35F3N8O5. The van der Waals surface area contributed by atoms with Crippen LogP contribution in [0.4, 0.5) is 24.7 Å². The fourth-order valence-corrected chi connectivity index (χ4v) is 4.52. The third kappa shape index (κ3) is 8.97. The molecule has 0 atom stereocenters. The Morgan fingerprint density at radius 1 is 1.13 bits per heavy atom. The zero-order chi connectivity index (χ0) is 33.4. The molecule has 46 heavy (non-hydrogen) atoms. The average molecular weight is 645 g/mol. The molecule has 0 unspecified atom stereocenters. The molecule has 0 radical (unpaired) electrons. The summed E-state index contributed by atoms with van der Waals surface area (Å²) >= 11 is 0. The molecule has 0 bridgehead atoms. The van der Waals surface area contributed by atoms with Crippen LogP contribution in [-0.4, -0.2) is 71.1 Å². The van der Waals surface area contributed by atoms with E-state index in [1.807, 2.05) is 0 Å². The number of carbonyl (C=O) groups excluding carboxylic acids is 2. The molecule has 1 fully saturated rings. The number of amides is 2. The fraction of sp³-hybridized carbons (Fsp3) is 0.367. The predicted octanol–water partition coefficient (Wildman–Crippen LogP) is 2.14. The van der Waals surface area contributed by atoms with Crippen molar-refractivity contribution in [1.29, 1.82) is 0 Å². The molecule has 1 aliphatic rings. The Labute approximate surface area is 262 Å². The molecule has 0 saturated carbocycles. The van der Waals surface area contributed by atoms with E-state index in [-0.39, 0.29) is 53.7 Å². The van der Waals surface area contributed by atoms with E-state index in [1.54, 1.807) is 43.0 Å². The first kappa shape index (κ1) is 33.8. The summed E-state index contributed by atoms with van der Waals surface area (Å²) in [6.45, 7) is 4.79. The Hall–Kier alpha value is -5.12. The molecule has 4 rings (SSSR count). The van der Waals surface area contributed by atoms with Crippen LogP contribution in [0.25, 0.3) is 11.3 Å². The number of hydrogen-bond acceptors (Lipinski definition) is 9. The summed E-state index contributed by atoms with van der Waals surface area (Å²) in [4.78, 5) is 49.3. The lowest BCUT2D eigenvalue weighted by Crippen LogP contribution is -2.42. The number of morpholine rings is 1. The lowest BCUT2D eigenvalue weighted by molar-refractivity contribution is -0.140. The quantitative estimate of drug-likeness (QED) is 0.105. The van der Waals surface area contributed by atoms with Crippen molar-refractivity contribution in [2.45, 2.75) is 39.2 Å². The molecule has 246 valence electrons. The Morgan fingerprint density at radius 2 is 1.83 bits per heavy atom. The second-order valence-electron chi connectivity index (χ2n) is 10.7. The SMILES string of the molecule is CC(C)Nc1ncc(-c2cc(N)cc(C(F)(F)F)c2)n(CC(=O)NCc2ccc(/C(N)=N/OCC(=O)N3CCOCC3)cc2)c1=O. The van der Waals surface area contributed by atoms with Gasteiger partial charge in [-0.25, -0.2) is 4.98 Å². The first-order valence-electron chi connectivity index (χ1n) is 14.3. The number of ether oxygens (including phenoxy) is 1. The Kier molecular flexibility index (Phi) is 10.8. The smallest absolute Gasteiger partial charge is 0.399 e. The number of hydrogen-bond donors (Lipinski definition) is 4. The molecule has 1 aromatic heterocycles. The fourth-order valence-electron chi connectivity index (χ4n) is 4.52. The van der Waals surface area contributed by atoms with Gasteiger partial charge in [-0.2, -0.15) is 13.2 Å². The summed E-state index contributed by atoms with van der Waals surface area (Å²) in [5.74, 6) is -0.807. The number of oxime groups is 1. The monoisotopic (exact) mass is 644 g/mol. The highest BCUT2D eigenvalue weighted by Gasteiger charge is 2.31. The molecule has 1 saturated heterocycles. The minimum atomic E-state index is -4.68. The van der Waals surface area contributed by atoms with Gasteiger partial charge in [0, 0.05) is 42.5 Å². The molecular weight excluding hydrogens is 609 g/mol. The van der Waals surface area contributed by atoms with Crippen molar-refractivity contribution in [3.8, 4) is 11.3 Å². The topological polar surface area (TPSA) is 179 Å². The number of amidine groups is 1. The summed E-state index contributed by atoms with van der Waals surface area (Å²) < 4.78 is 46.7. The minimum absolute atomic E-state index is 0.0137. The van der Waals surface area contributed by atoms with Crippen LogP contribution in [0.1, 0.15) is 30.5 Å². The van der Waals surface area contributed by atoms with Gasteiger partial charge >= 0.3 is 6.18 Å². The molecule has 2 aromatic carbocycles. The summed E-state index contributed by atoms with van der Waals surface area (Å²) in [5, 5.41) is 9.39. The Balaban J connectivity index is 1.43. The van der Waals surface area contributed by atoms with Crippen LogP contribution in [-0.2, 0) is 38.4 Å². The molecule has 2 heterocycles. The summed E-state index contributed by atoms with van der Waals surface area (Å²) in [6, 6.07) is 9.42. The lowest BCUT2D eigenvalue weighted by atomic mass is 10.1. The lowest BCUT2D eigenvalue weighted by Gasteiger charge is -2.26. The molecule has 6 N–H and O–H groups in total. The predicted molar refractivity (Wildman–Crippen MR) is 164 cm³/mol. The second-order valence-corrected chi connectivity index (χ2v) is 10.7. The highest BCUT2D eigenvalue weighted by molar-refractivity contribution is 5.97. The van der Waals surface area contributed by atoms with E-state index >= 15 is 0 Å². The number of rotatable bonds is 11. The molecule has 13 nitrogen and oxygen atoms in total. The van der Waals surface area contributed by atoms with Crippen LogP contribution >= 0.6 is 0 Å². The van der Waals surface area contributed by atoms with Crippen molar-refractivity contribution in [1.82, 2.24) is 19.8 Å². The Morgan fingerprint density at radius 3 is 2.48 bits per heavy atom. The largest absolute Gasteiger partial charge is 0.416 e. The van der Waals surface area contributed by atoms with E-state index in [1.165, 1.54) is 12.3 Å². The summed E-state index contributed by atoms with van der Waals surface area (Å²) in [7, 11) is 0. The van der Waals surface area contributed by atoms with Crippen LogP contribution in [0.5, 0.6) is 0 Å². The van der Waals surface area contributed by atoms with Crippen molar-refractivity contribution in [3.05, 3.63) is 75.7 Å². The molecule has 3 aromatic rings. The third-order valence-electron chi connectivity index (χ3n) is 6.81. The first-order valence-corrected chi connectivity index (χ1v) is 14.3. The minimum Gasteiger partial charge on any atom is -0.399 e. The van der Waals surface area contributed by atoms with Gasteiger partial charge in [-0.1, -0.05) is 29.4 Å². The van der Waals surface area contributed by atoms with E-state index in [0.29, 0.717) is 37.4 Å². The molecule has 2 amide bonds. The van der Waals surface area contributed by atoms with Gasteiger partial charge in [-0.15, -0.1) is 0 Å². The van der Waals surface area contributed by atoms with Crippen molar-refractivity contribution in [3.63, 3.8) is 0 Å². The number of nitrogen functional groups attached to an aromatic ring is 1. The maximum absolute atomic E-state index is 13.5. The van der Waals surface area contributed by atoms with Crippen LogP contribution in [0.3, 0.4) is 0 Å². The number of nitrogens with two attached hydrogens (primary N) is 2. The summed E-state index contributed by atoms with van der Waals surface area (Å²) in [6.07, 6.45) is -3.46. The molecule has 1 aliphatic heterocycles. The van der Waals surface area contributed by atoms with Crippen molar-refractivity contribution >= 4 is 29.2 Å². The van der Waals surface area contributed by atoms with Crippen molar-refractivity contribution < 1.29 is 32.3 Å². The Bertz CT molecular complexity index is 1630. The molecule has 0 aliphatic carbocycles. The van der Waals surface area contributed by atoms with Crippen LogP contribution in [0.2, 0.25) is 0 Å². The van der Waals surface area contributed by atoms with Crippen LogP contribution in [0.15, 0.2) is 58.6 Å². The zero-order valence-corrected chi connectivity index (χ0v) is 25.3. The van der Waals surface area contributed by atoms with Gasteiger partial charge in [0.2, 0.25) is 5.91 Å². The maximum Gasteiger partial charge on any atom is 0.416 e. The average Bonchev–Trinajstić information content (AvgIpc) is 3.01. The van der Waals surface area contributed by atoms with Gasteiger partial charge in [0.15, 0.2) is 18.3 Å². The van der Waals surface area contributed by atoms with E-state index in [0.717, 1.165) is 16.7 Å². The highest BCUT2D eigenvalue weighted by Crippen LogP contribution is 2.34. The zero-order valence-electron chi connectivity index (χ0n) is 25.3. The number of nitrogens with one attached hydrogen (secondary N) is 2. The highest BCUT2D eigenvalue weighted by atomic mass is 19.4. The van der Waals surface area contributed by atoms with E-state index in [9.17, 15) is 27.6 Å². The van der Waals surface area contributed by atoms with Gasteiger partial charge in [0.1, 0.15) is 6.54 Å². The number of alkyl halides is 3. The number of halogens is 3. The van der Waals surface area contributed by atoms with Gasteiger partial charge in [-0.05, 0) is 37.6 Å². The maximum atomic E-state index is 13.5. The molecule has 0 spiro atoms. The van der Waals surface area contributed by atoms with E-state index in [4.69, 9.17) is 21.0 Å². The third-order valence-corrected chi connectivity index (χ3v) is 6.81. The van der Waals surface area contributed by atoms with Gasteiger partial charge < -0.3 is 36.6 Å². The van der Waals surface area contributed by atoms with Gasteiger partial charge in [-0.3, -0.25) is 19.0 Å². The summed E-state index contributed by atoms with van der Waals surface area (Å²) in [5.41, 5.74) is 11.0. The van der Waals surface area contributed by atoms with Crippen LogP contribution < -0.4 is 27.7 Å². The van der Waals surface area contributed by atoms with Crippen molar-refractivity contribution in [2.24, 2.45) is 10.9 Å². The van der Waals surface area contributed by atoms with E-state index in [2.05, 4.69) is 20.8 Å². The first-order chi connectivity index (χ1) is 21.8. The van der Waals surface area contributed by atoms with E-state index < -0.39 is 29.8 Å². The second kappa shape index (κ2) is 14.8. The number of carbonyl (C=O) groups is 2. The number of anilines is 2. The number of aromatic nitrogens is 2. The van der Waals surface area contributed by atoms with Gasteiger partial charge in [0.25, 0.3) is 11.5 Å².